The van der Waals surface area contributed by atoms with Gasteiger partial charge in [0.05, 0.1) is 0 Å². The Morgan fingerprint density at radius 1 is 0.538 bits per heavy atom. The summed E-state index contributed by atoms with van der Waals surface area (Å²) in [6.45, 7) is 20.9. The molecule has 7 aromatic carbocycles. The Kier molecular flexibility index (Phi) is 9.63. The van der Waals surface area contributed by atoms with Crippen LogP contribution >= 0.6 is 0 Å². The number of benzene rings is 7. The lowest BCUT2D eigenvalue weighted by Gasteiger charge is -2.35. The summed E-state index contributed by atoms with van der Waals surface area (Å²) < 4.78 is 14.0. The minimum absolute atomic E-state index is 0.00566. The van der Waals surface area contributed by atoms with Crippen LogP contribution in [0.5, 0.6) is 23.0 Å². The summed E-state index contributed by atoms with van der Waals surface area (Å²) in [5, 5.41) is 2.62. The molecule has 65 heavy (non-hydrogen) atoms. The molecule has 322 valence electrons. The maximum Gasteiger partial charge on any atom is 0.260 e. The van der Waals surface area contributed by atoms with Gasteiger partial charge in [-0.25, -0.2) is 0 Å². The Balaban J connectivity index is 1.14. The molecule has 1 atom stereocenters. The number of ether oxygens (including phenoxy) is 2. The molecule has 0 saturated carbocycles. The van der Waals surface area contributed by atoms with Crippen molar-refractivity contribution in [3.8, 4) is 34.1 Å². The maximum absolute atomic E-state index is 7.03. The second kappa shape index (κ2) is 15.1. The summed E-state index contributed by atoms with van der Waals surface area (Å²) in [4.78, 5) is 0. The average Bonchev–Trinajstić information content (AvgIpc) is 3.29. The second-order valence-electron chi connectivity index (χ2n) is 22.0. The molecule has 4 aliphatic rings. The predicted octanol–water partition coefficient (Wildman–Crippen LogP) is 14.7. The van der Waals surface area contributed by atoms with E-state index in [0.29, 0.717) is 0 Å². The predicted molar refractivity (Wildman–Crippen MR) is 277 cm³/mol. The molecule has 7 aromatic rings. The van der Waals surface area contributed by atoms with Crippen molar-refractivity contribution in [2.45, 2.75) is 104 Å². The maximum atomic E-state index is 7.03. The Bertz CT molecular complexity index is 3130. The highest BCUT2D eigenvalue weighted by molar-refractivity contribution is 6.98. The van der Waals surface area contributed by atoms with Crippen molar-refractivity contribution < 1.29 is 9.47 Å². The number of hydrogen-bond acceptors (Lipinski definition) is 2. The molecule has 2 nitrogen and oxygen atoms in total. The summed E-state index contributed by atoms with van der Waals surface area (Å²) in [5.41, 5.74) is 19.4. The van der Waals surface area contributed by atoms with Crippen LogP contribution in [0.1, 0.15) is 126 Å². The molecule has 0 N–H and O–H groups in total. The lowest BCUT2D eigenvalue weighted by Crippen LogP contribution is -2.57. The largest absolute Gasteiger partial charge is 0.458 e. The molecule has 0 aromatic heterocycles. The second-order valence-corrected chi connectivity index (χ2v) is 22.0. The van der Waals surface area contributed by atoms with Gasteiger partial charge in [-0.1, -0.05) is 190 Å². The van der Waals surface area contributed by atoms with Crippen molar-refractivity contribution in [1.82, 2.24) is 0 Å². The molecule has 3 heteroatoms. The van der Waals surface area contributed by atoms with E-state index in [9.17, 15) is 0 Å². The highest BCUT2D eigenvalue weighted by atomic mass is 16.5. The van der Waals surface area contributed by atoms with Gasteiger partial charge in [-0.3, -0.25) is 0 Å². The minimum Gasteiger partial charge on any atom is -0.458 e. The van der Waals surface area contributed by atoms with Crippen LogP contribution in [-0.4, -0.2) is 6.71 Å². The van der Waals surface area contributed by atoms with Crippen molar-refractivity contribution in [2.75, 3.05) is 0 Å². The number of rotatable bonds is 4. The lowest BCUT2D eigenvalue weighted by molar-refractivity contribution is 0.462. The Morgan fingerprint density at radius 2 is 1.15 bits per heavy atom. The van der Waals surface area contributed by atoms with E-state index in [1.54, 1.807) is 0 Å². The van der Waals surface area contributed by atoms with Crippen LogP contribution in [0.25, 0.3) is 39.1 Å². The van der Waals surface area contributed by atoms with E-state index in [2.05, 4.69) is 214 Å². The van der Waals surface area contributed by atoms with Crippen molar-refractivity contribution in [3.05, 3.63) is 190 Å². The SMILES string of the molecule is CC(C)(C)c1cc(C2=CC(c3cc4c5c(c3)Oc3ccc(C(C)(C)C)cc3B5c3ccccc3O4)CC(c3c4c(c(-c5ccccc5)c5ccccc35)C=CCC4)=C2)cc(C(C)(C)C)c1. The molecule has 2 aliphatic carbocycles. The summed E-state index contributed by atoms with van der Waals surface area (Å²) in [6.07, 6.45) is 12.7. The number of allylic oxidation sites excluding steroid dienone is 5. The Morgan fingerprint density at radius 3 is 1.83 bits per heavy atom. The van der Waals surface area contributed by atoms with Crippen LogP contribution in [-0.2, 0) is 22.7 Å². The van der Waals surface area contributed by atoms with Crippen molar-refractivity contribution in [3.63, 3.8) is 0 Å². The summed E-state index contributed by atoms with van der Waals surface area (Å²) in [7, 11) is 0. The van der Waals surface area contributed by atoms with Gasteiger partial charge in [0.15, 0.2) is 0 Å². The lowest BCUT2D eigenvalue weighted by atomic mass is 9.34. The van der Waals surface area contributed by atoms with Crippen molar-refractivity contribution in [1.29, 1.82) is 0 Å². The zero-order valence-corrected chi connectivity index (χ0v) is 39.5. The van der Waals surface area contributed by atoms with Crippen LogP contribution < -0.4 is 25.9 Å². The molecular formula is C62H59BO2. The van der Waals surface area contributed by atoms with Crippen molar-refractivity contribution >= 4 is 51.1 Å². The van der Waals surface area contributed by atoms with Gasteiger partial charge in [-0.05, 0) is 148 Å². The fourth-order valence-electron chi connectivity index (χ4n) is 10.9. The van der Waals surface area contributed by atoms with Crippen molar-refractivity contribution in [2.24, 2.45) is 0 Å². The first-order valence-corrected chi connectivity index (χ1v) is 23.8. The number of para-hydroxylation sites is 1. The zero-order chi connectivity index (χ0) is 45.0. The molecule has 0 amide bonds. The first-order chi connectivity index (χ1) is 31.1. The molecule has 0 saturated heterocycles. The third kappa shape index (κ3) is 7.19. The molecular weight excluding hydrogens is 787 g/mol. The van der Waals surface area contributed by atoms with Gasteiger partial charge in [-0.15, -0.1) is 0 Å². The fourth-order valence-corrected chi connectivity index (χ4v) is 10.9. The highest BCUT2D eigenvalue weighted by Crippen LogP contribution is 2.49. The van der Waals surface area contributed by atoms with Crippen LogP contribution in [0.3, 0.4) is 0 Å². The van der Waals surface area contributed by atoms with E-state index in [0.717, 1.165) is 47.7 Å². The average molecular weight is 847 g/mol. The molecule has 11 rings (SSSR count). The van der Waals surface area contributed by atoms with E-state index >= 15 is 0 Å². The molecule has 0 bridgehead atoms. The van der Waals surface area contributed by atoms with Crippen LogP contribution in [0.15, 0.2) is 146 Å². The first-order valence-electron chi connectivity index (χ1n) is 23.8. The summed E-state index contributed by atoms with van der Waals surface area (Å²) in [5.74, 6) is 3.68. The molecule has 2 heterocycles. The molecule has 2 aliphatic heterocycles. The van der Waals surface area contributed by atoms with Gasteiger partial charge in [0.25, 0.3) is 6.71 Å². The summed E-state index contributed by atoms with van der Waals surface area (Å²) in [6, 6.07) is 47.6. The standard InChI is InChI=1S/C62H59BO2/c1-60(2,3)44-27-28-54-52(37-44)63-51-25-17-18-26-53(51)64-55-34-42(35-56(65-54)59(55)63)40-29-39(41-32-45(61(4,5)6)36-46(33-41)62(7,8)9)30-43(31-40)58-49-23-15-13-21-47(49)57(38-19-11-10-12-20-38)48-22-14-16-24-50(48)58/h10-15,17-23,25-30,32-37,40H,16,24,31H2,1-9H3. The van der Waals surface area contributed by atoms with Gasteiger partial charge in [-0.2, -0.15) is 0 Å². The minimum atomic E-state index is -0.0152. The fraction of sp³-hybridized carbons (Fsp3) is 0.258. The van der Waals surface area contributed by atoms with Gasteiger partial charge >= 0.3 is 0 Å². The van der Waals surface area contributed by atoms with E-state index < -0.39 is 0 Å². The van der Waals surface area contributed by atoms with E-state index in [4.69, 9.17) is 9.47 Å². The third-order valence-corrected chi connectivity index (χ3v) is 14.4. The molecule has 1 unspecified atom stereocenters. The number of fused-ring (bicyclic) bond motifs is 6. The first kappa shape index (κ1) is 41.4. The Labute approximate surface area is 386 Å². The van der Waals surface area contributed by atoms with Crippen LogP contribution in [0.4, 0.5) is 0 Å². The van der Waals surface area contributed by atoms with E-state index in [-0.39, 0.29) is 28.9 Å². The molecule has 0 spiro atoms. The monoisotopic (exact) mass is 846 g/mol. The third-order valence-electron chi connectivity index (χ3n) is 14.4. The van der Waals surface area contributed by atoms with Gasteiger partial charge in [0, 0.05) is 11.4 Å². The molecule has 0 radical (unpaired) electrons. The van der Waals surface area contributed by atoms with Gasteiger partial charge < -0.3 is 9.47 Å². The quantitative estimate of drug-likeness (QED) is 0.164. The zero-order valence-electron chi connectivity index (χ0n) is 39.5. The highest BCUT2D eigenvalue weighted by Gasteiger charge is 2.41. The van der Waals surface area contributed by atoms with E-state index in [1.165, 1.54) is 88.5 Å². The van der Waals surface area contributed by atoms with Gasteiger partial charge in [0.2, 0.25) is 0 Å². The normalized spacial score (nSPS) is 16.4. The van der Waals surface area contributed by atoms with Crippen LogP contribution in [0.2, 0.25) is 0 Å². The van der Waals surface area contributed by atoms with Crippen LogP contribution in [0, 0.1) is 0 Å². The molecule has 0 fully saturated rings. The summed E-state index contributed by atoms with van der Waals surface area (Å²) >= 11 is 0. The van der Waals surface area contributed by atoms with Gasteiger partial charge in [0.1, 0.15) is 23.0 Å². The number of hydrogen-bond donors (Lipinski definition) is 0. The topological polar surface area (TPSA) is 18.5 Å². The Hall–Kier alpha value is -6.32. The smallest absolute Gasteiger partial charge is 0.260 e. The van der Waals surface area contributed by atoms with E-state index in [1.807, 2.05) is 0 Å².